The van der Waals surface area contributed by atoms with E-state index in [9.17, 15) is 4.79 Å². The predicted octanol–water partition coefficient (Wildman–Crippen LogP) is 4.19. The van der Waals surface area contributed by atoms with Gasteiger partial charge in [-0.25, -0.2) is 4.79 Å². The van der Waals surface area contributed by atoms with Crippen LogP contribution in [0.2, 0.25) is 0 Å². The smallest absolute Gasteiger partial charge is 0.409 e. The number of halogens is 1. The minimum atomic E-state index is -0.474. The molecule has 1 N–H and O–H groups in total. The largest absolute Gasteiger partial charge is 0.413 e. The molecule has 0 spiro atoms. The Morgan fingerprint density at radius 1 is 1.25 bits per heavy atom. The molecule has 20 heavy (non-hydrogen) atoms. The summed E-state index contributed by atoms with van der Waals surface area (Å²) in [5, 5.41) is 3.67. The number of hydrogen-bond acceptors (Lipinski definition) is 3. The van der Waals surface area contributed by atoms with Crippen molar-refractivity contribution in [3.05, 3.63) is 34.4 Å². The number of hydrogen-bond donors (Lipinski definition) is 1. The Labute approximate surface area is 126 Å². The van der Waals surface area contributed by atoms with Crippen molar-refractivity contribution in [3.63, 3.8) is 0 Å². The van der Waals surface area contributed by atoms with Crippen LogP contribution < -0.4 is 10.1 Å². The Kier molecular flexibility index (Phi) is 3.99. The number of amides is 1. The Balaban J connectivity index is 2.30. The molecule has 0 bridgehead atoms. The van der Waals surface area contributed by atoms with E-state index in [4.69, 9.17) is 4.74 Å². The highest BCUT2D eigenvalue weighted by molar-refractivity contribution is 9.10. The number of nitrogens with one attached hydrogen (secondary N) is 1. The summed E-state index contributed by atoms with van der Waals surface area (Å²) in [6, 6.07) is 7.45. The molecule has 4 nitrogen and oxygen atoms in total. The average Bonchev–Trinajstić information content (AvgIpc) is 2.30. The van der Waals surface area contributed by atoms with E-state index in [-0.39, 0.29) is 5.54 Å². The summed E-state index contributed by atoms with van der Waals surface area (Å²) in [6.45, 7) is 7.64. The van der Waals surface area contributed by atoms with Crippen LogP contribution in [0, 0.1) is 6.92 Å². The number of nitrogens with zero attached hydrogens (tertiary/aromatic N) is 1. The van der Waals surface area contributed by atoms with Crippen molar-refractivity contribution in [1.82, 2.24) is 10.3 Å². The Morgan fingerprint density at radius 3 is 2.60 bits per heavy atom. The summed E-state index contributed by atoms with van der Waals surface area (Å²) >= 11 is 3.47. The van der Waals surface area contributed by atoms with Crippen molar-refractivity contribution < 1.29 is 9.53 Å². The first-order chi connectivity index (χ1) is 9.26. The van der Waals surface area contributed by atoms with Crippen molar-refractivity contribution in [3.8, 4) is 5.75 Å². The van der Waals surface area contributed by atoms with E-state index in [1.807, 2.05) is 45.9 Å². The Morgan fingerprint density at radius 2 is 1.95 bits per heavy atom. The molecular weight excluding hydrogens is 320 g/mol. The molecule has 0 saturated heterocycles. The summed E-state index contributed by atoms with van der Waals surface area (Å²) in [4.78, 5) is 16.2. The maximum absolute atomic E-state index is 11.8. The molecule has 0 aliphatic carbocycles. The molecule has 2 aromatic rings. The Hall–Kier alpha value is -1.62. The van der Waals surface area contributed by atoms with Crippen LogP contribution in [0.4, 0.5) is 4.79 Å². The van der Waals surface area contributed by atoms with Gasteiger partial charge in [0.05, 0.1) is 9.99 Å². The zero-order valence-electron chi connectivity index (χ0n) is 12.0. The third-order valence-electron chi connectivity index (χ3n) is 2.59. The zero-order valence-corrected chi connectivity index (χ0v) is 13.5. The van der Waals surface area contributed by atoms with Gasteiger partial charge in [-0.1, -0.05) is 0 Å². The van der Waals surface area contributed by atoms with Crippen molar-refractivity contribution in [2.75, 3.05) is 0 Å². The molecule has 0 aliphatic heterocycles. The van der Waals surface area contributed by atoms with Gasteiger partial charge >= 0.3 is 6.09 Å². The van der Waals surface area contributed by atoms with Crippen LogP contribution in [0.1, 0.15) is 26.5 Å². The lowest BCUT2D eigenvalue weighted by Gasteiger charge is -2.20. The summed E-state index contributed by atoms with van der Waals surface area (Å²) in [5.41, 5.74) is 1.48. The molecule has 1 aromatic carbocycles. The van der Waals surface area contributed by atoms with Gasteiger partial charge in [-0.2, -0.15) is 0 Å². The van der Waals surface area contributed by atoms with Crippen molar-refractivity contribution >= 4 is 32.9 Å². The third kappa shape index (κ3) is 3.48. The summed E-state index contributed by atoms with van der Waals surface area (Å²) < 4.78 is 6.06. The molecule has 0 atom stereocenters. The fourth-order valence-corrected chi connectivity index (χ4v) is 2.31. The van der Waals surface area contributed by atoms with Gasteiger partial charge in [-0.3, -0.25) is 4.98 Å². The first kappa shape index (κ1) is 14.8. The van der Waals surface area contributed by atoms with Gasteiger partial charge in [0.15, 0.2) is 0 Å². The van der Waals surface area contributed by atoms with E-state index in [0.717, 1.165) is 21.1 Å². The minimum absolute atomic E-state index is 0.334. The van der Waals surface area contributed by atoms with Gasteiger partial charge in [-0.05, 0) is 67.9 Å². The summed E-state index contributed by atoms with van der Waals surface area (Å²) in [6.07, 6.45) is -0.474. The van der Waals surface area contributed by atoms with Crippen LogP contribution in [-0.2, 0) is 0 Å². The second-order valence-corrected chi connectivity index (χ2v) is 6.45. The summed E-state index contributed by atoms with van der Waals surface area (Å²) in [5.74, 6) is 0.477. The molecule has 1 amide bonds. The molecule has 5 heteroatoms. The molecule has 1 heterocycles. The lowest BCUT2D eigenvalue weighted by atomic mass is 10.1. The Bertz CT molecular complexity index is 663. The van der Waals surface area contributed by atoms with Crippen LogP contribution in [0.25, 0.3) is 10.9 Å². The van der Waals surface area contributed by atoms with Crippen LogP contribution in [-0.4, -0.2) is 16.6 Å². The average molecular weight is 337 g/mol. The van der Waals surface area contributed by atoms with E-state index >= 15 is 0 Å². The first-order valence-corrected chi connectivity index (χ1v) is 7.11. The predicted molar refractivity (Wildman–Crippen MR) is 83.1 cm³/mol. The number of fused-ring (bicyclic) bond motifs is 1. The maximum atomic E-state index is 11.8. The standard InChI is InChI=1S/C15H17BrN2O2/c1-9-5-6-10-11(17-9)7-8-12(13(10)16)20-14(19)18-15(2,3)4/h5-8H,1-4H3,(H,18,19). The van der Waals surface area contributed by atoms with Crippen LogP contribution in [0.3, 0.4) is 0 Å². The SMILES string of the molecule is Cc1ccc2c(Br)c(OC(=O)NC(C)(C)C)ccc2n1. The highest BCUT2D eigenvalue weighted by Gasteiger charge is 2.17. The normalized spacial score (nSPS) is 11.4. The van der Waals surface area contributed by atoms with Crippen LogP contribution in [0.15, 0.2) is 28.7 Å². The number of pyridine rings is 1. The highest BCUT2D eigenvalue weighted by Crippen LogP contribution is 2.32. The van der Waals surface area contributed by atoms with Gasteiger partial charge < -0.3 is 10.1 Å². The molecule has 106 valence electrons. The molecule has 0 unspecified atom stereocenters. The van der Waals surface area contributed by atoms with Crippen LogP contribution in [0.5, 0.6) is 5.75 Å². The molecular formula is C15H17BrN2O2. The van der Waals surface area contributed by atoms with E-state index < -0.39 is 6.09 Å². The van der Waals surface area contributed by atoms with Gasteiger partial charge in [0.25, 0.3) is 0 Å². The van der Waals surface area contributed by atoms with Gasteiger partial charge in [-0.15, -0.1) is 0 Å². The number of aryl methyl sites for hydroxylation is 1. The van der Waals surface area contributed by atoms with Crippen molar-refractivity contribution in [2.45, 2.75) is 33.2 Å². The third-order valence-corrected chi connectivity index (χ3v) is 3.41. The fraction of sp³-hybridized carbons (Fsp3) is 0.333. The quantitative estimate of drug-likeness (QED) is 0.849. The van der Waals surface area contributed by atoms with Gasteiger partial charge in [0.1, 0.15) is 5.75 Å². The molecule has 1 aromatic heterocycles. The van der Waals surface area contributed by atoms with E-state index in [0.29, 0.717) is 5.75 Å². The monoisotopic (exact) mass is 336 g/mol. The van der Waals surface area contributed by atoms with Crippen molar-refractivity contribution in [1.29, 1.82) is 0 Å². The second kappa shape index (κ2) is 5.40. The van der Waals surface area contributed by atoms with Crippen LogP contribution >= 0.6 is 15.9 Å². The second-order valence-electron chi connectivity index (χ2n) is 5.66. The van der Waals surface area contributed by atoms with E-state index in [1.165, 1.54) is 0 Å². The maximum Gasteiger partial charge on any atom is 0.413 e. The fourth-order valence-electron chi connectivity index (χ4n) is 1.76. The topological polar surface area (TPSA) is 51.2 Å². The first-order valence-electron chi connectivity index (χ1n) is 6.32. The van der Waals surface area contributed by atoms with Crippen molar-refractivity contribution in [2.24, 2.45) is 0 Å². The molecule has 0 fully saturated rings. The zero-order chi connectivity index (χ0) is 14.9. The lowest BCUT2D eigenvalue weighted by Crippen LogP contribution is -2.42. The number of rotatable bonds is 1. The van der Waals surface area contributed by atoms with E-state index in [1.54, 1.807) is 6.07 Å². The molecule has 0 saturated carbocycles. The number of aromatic nitrogens is 1. The number of benzene rings is 1. The minimum Gasteiger partial charge on any atom is -0.409 e. The van der Waals surface area contributed by atoms with E-state index in [2.05, 4.69) is 26.2 Å². The number of carbonyl (C=O) groups is 1. The number of carbonyl (C=O) groups excluding carboxylic acids is 1. The molecule has 0 radical (unpaired) electrons. The highest BCUT2D eigenvalue weighted by atomic mass is 79.9. The van der Waals surface area contributed by atoms with Gasteiger partial charge in [0, 0.05) is 16.6 Å². The summed E-state index contributed by atoms with van der Waals surface area (Å²) in [7, 11) is 0. The number of ether oxygens (including phenoxy) is 1. The molecule has 0 aliphatic rings. The van der Waals surface area contributed by atoms with Gasteiger partial charge in [0.2, 0.25) is 0 Å². The lowest BCUT2D eigenvalue weighted by molar-refractivity contribution is 0.190. The molecule has 2 rings (SSSR count).